The molecule has 1 heterocycles. The highest BCUT2D eigenvalue weighted by molar-refractivity contribution is 7.99. The van der Waals surface area contributed by atoms with Crippen LogP contribution in [0.25, 0.3) is 0 Å². The lowest BCUT2D eigenvalue weighted by Gasteiger charge is -2.13. The normalized spacial score (nSPS) is 14.8. The maximum Gasteiger partial charge on any atom is 0.157 e. The minimum atomic E-state index is -0.396. The van der Waals surface area contributed by atoms with Crippen LogP contribution in [-0.4, -0.2) is 33.5 Å². The molecule has 1 rings (SSSR count). The SMILES string of the molecule is COCc1nc(N)cc(SC(C)C(C)O)n1. The van der Waals surface area contributed by atoms with E-state index in [0.29, 0.717) is 18.2 Å². The van der Waals surface area contributed by atoms with Crippen LogP contribution < -0.4 is 5.73 Å². The van der Waals surface area contributed by atoms with Crippen molar-refractivity contribution < 1.29 is 9.84 Å². The summed E-state index contributed by atoms with van der Waals surface area (Å²) in [5.74, 6) is 0.977. The molecule has 0 fully saturated rings. The Kier molecular flexibility index (Phi) is 4.98. The van der Waals surface area contributed by atoms with Crippen LogP contribution in [0.15, 0.2) is 11.1 Å². The van der Waals surface area contributed by atoms with E-state index in [9.17, 15) is 5.11 Å². The van der Waals surface area contributed by atoms with Crippen LogP contribution in [0, 0.1) is 0 Å². The van der Waals surface area contributed by atoms with E-state index in [4.69, 9.17) is 10.5 Å². The first kappa shape index (κ1) is 13.2. The van der Waals surface area contributed by atoms with Gasteiger partial charge in [-0.3, -0.25) is 0 Å². The summed E-state index contributed by atoms with van der Waals surface area (Å²) < 4.78 is 4.95. The number of hydrogen-bond donors (Lipinski definition) is 2. The molecule has 0 amide bonds. The molecule has 0 bridgehead atoms. The van der Waals surface area contributed by atoms with E-state index in [0.717, 1.165) is 5.03 Å². The summed E-state index contributed by atoms with van der Waals surface area (Å²) in [6, 6.07) is 1.70. The molecule has 0 saturated carbocycles. The van der Waals surface area contributed by atoms with Gasteiger partial charge in [0.1, 0.15) is 17.5 Å². The Morgan fingerprint density at radius 3 is 2.75 bits per heavy atom. The van der Waals surface area contributed by atoms with Crippen LogP contribution >= 0.6 is 11.8 Å². The third kappa shape index (κ3) is 3.96. The molecule has 0 aliphatic heterocycles. The Morgan fingerprint density at radius 1 is 1.50 bits per heavy atom. The van der Waals surface area contributed by atoms with E-state index >= 15 is 0 Å². The molecule has 0 aromatic carbocycles. The minimum absolute atomic E-state index is 0.0599. The average molecular weight is 243 g/mol. The Morgan fingerprint density at radius 2 is 2.19 bits per heavy atom. The van der Waals surface area contributed by atoms with Gasteiger partial charge in [-0.25, -0.2) is 9.97 Å². The van der Waals surface area contributed by atoms with Crippen molar-refractivity contribution in [2.75, 3.05) is 12.8 Å². The van der Waals surface area contributed by atoms with E-state index in [1.807, 2.05) is 6.92 Å². The van der Waals surface area contributed by atoms with Crippen molar-refractivity contribution in [3.8, 4) is 0 Å². The second kappa shape index (κ2) is 6.03. The van der Waals surface area contributed by atoms with Crippen molar-refractivity contribution in [2.24, 2.45) is 0 Å². The van der Waals surface area contributed by atoms with Gasteiger partial charge in [-0.15, -0.1) is 11.8 Å². The largest absolute Gasteiger partial charge is 0.392 e. The van der Waals surface area contributed by atoms with Crippen molar-refractivity contribution >= 4 is 17.6 Å². The number of thioether (sulfide) groups is 1. The smallest absolute Gasteiger partial charge is 0.157 e. The van der Waals surface area contributed by atoms with Gasteiger partial charge in [-0.2, -0.15) is 0 Å². The first-order valence-electron chi connectivity index (χ1n) is 5.00. The topological polar surface area (TPSA) is 81.3 Å². The van der Waals surface area contributed by atoms with Gasteiger partial charge < -0.3 is 15.6 Å². The molecule has 90 valence electrons. The van der Waals surface area contributed by atoms with Crippen LogP contribution in [-0.2, 0) is 11.3 Å². The summed E-state index contributed by atoms with van der Waals surface area (Å²) in [5.41, 5.74) is 5.66. The summed E-state index contributed by atoms with van der Waals surface area (Å²) in [6.45, 7) is 4.02. The number of aliphatic hydroxyl groups is 1. The van der Waals surface area contributed by atoms with Crippen molar-refractivity contribution in [1.82, 2.24) is 9.97 Å². The molecule has 6 heteroatoms. The third-order valence-electron chi connectivity index (χ3n) is 2.03. The number of nitrogens with zero attached hydrogens (tertiary/aromatic N) is 2. The number of methoxy groups -OCH3 is 1. The average Bonchev–Trinajstić information content (AvgIpc) is 2.16. The zero-order chi connectivity index (χ0) is 12.1. The van der Waals surface area contributed by atoms with E-state index in [2.05, 4.69) is 9.97 Å². The number of aromatic nitrogens is 2. The molecule has 0 spiro atoms. The van der Waals surface area contributed by atoms with Crippen LogP contribution in [0.4, 0.5) is 5.82 Å². The Balaban J connectivity index is 2.79. The van der Waals surface area contributed by atoms with Crippen LogP contribution in [0.5, 0.6) is 0 Å². The Labute approximate surface area is 99.4 Å². The summed E-state index contributed by atoms with van der Waals surface area (Å²) in [7, 11) is 1.58. The van der Waals surface area contributed by atoms with Gasteiger partial charge in [0.05, 0.1) is 6.10 Å². The lowest BCUT2D eigenvalue weighted by Crippen LogP contribution is -2.15. The fraction of sp³-hybridized carbons (Fsp3) is 0.600. The lowest BCUT2D eigenvalue weighted by atomic mass is 10.3. The molecular formula is C10H17N3O2S. The maximum atomic E-state index is 9.40. The molecular weight excluding hydrogens is 226 g/mol. The van der Waals surface area contributed by atoms with Crippen molar-refractivity contribution in [1.29, 1.82) is 0 Å². The molecule has 16 heavy (non-hydrogen) atoms. The monoisotopic (exact) mass is 243 g/mol. The van der Waals surface area contributed by atoms with Gasteiger partial charge in [0, 0.05) is 18.4 Å². The second-order valence-corrected chi connectivity index (χ2v) is 4.94. The predicted octanol–water partition coefficient (Wildman–Crippen LogP) is 1.07. The van der Waals surface area contributed by atoms with Crippen LogP contribution in [0.2, 0.25) is 0 Å². The fourth-order valence-electron chi connectivity index (χ4n) is 1.04. The standard InChI is InChI=1S/C10H17N3O2S/c1-6(14)7(2)16-10-4-8(11)12-9(13-10)5-15-3/h4,6-7,14H,5H2,1-3H3,(H2,11,12,13). The summed E-state index contributed by atoms with van der Waals surface area (Å²) >= 11 is 1.47. The molecule has 1 aromatic heterocycles. The quantitative estimate of drug-likeness (QED) is 0.594. The minimum Gasteiger partial charge on any atom is -0.392 e. The second-order valence-electron chi connectivity index (χ2n) is 3.54. The predicted molar refractivity (Wildman–Crippen MR) is 64.2 cm³/mol. The van der Waals surface area contributed by atoms with E-state index in [1.165, 1.54) is 11.8 Å². The number of nitrogen functional groups attached to an aromatic ring is 1. The number of nitrogens with two attached hydrogens (primary N) is 1. The van der Waals surface area contributed by atoms with Gasteiger partial charge in [-0.05, 0) is 6.92 Å². The third-order valence-corrected chi connectivity index (χ3v) is 3.24. The highest BCUT2D eigenvalue weighted by Gasteiger charge is 2.12. The van der Waals surface area contributed by atoms with Gasteiger partial charge in [-0.1, -0.05) is 6.92 Å². The van der Waals surface area contributed by atoms with Gasteiger partial charge >= 0.3 is 0 Å². The molecule has 2 unspecified atom stereocenters. The number of anilines is 1. The Hall–Kier alpha value is -0.850. The highest BCUT2D eigenvalue weighted by atomic mass is 32.2. The van der Waals surface area contributed by atoms with Gasteiger partial charge in [0.25, 0.3) is 0 Å². The molecule has 0 aliphatic carbocycles. The lowest BCUT2D eigenvalue weighted by molar-refractivity contribution is 0.177. The van der Waals surface area contributed by atoms with Gasteiger partial charge in [0.15, 0.2) is 5.82 Å². The summed E-state index contributed by atoms with van der Waals surface area (Å²) in [6.07, 6.45) is -0.396. The molecule has 0 aliphatic rings. The summed E-state index contributed by atoms with van der Waals surface area (Å²) in [5, 5.41) is 10.2. The fourth-order valence-corrected chi connectivity index (χ4v) is 1.96. The van der Waals surface area contributed by atoms with E-state index < -0.39 is 6.10 Å². The molecule has 0 saturated heterocycles. The van der Waals surface area contributed by atoms with Crippen LogP contribution in [0.1, 0.15) is 19.7 Å². The van der Waals surface area contributed by atoms with Crippen molar-refractivity contribution in [2.45, 2.75) is 36.8 Å². The highest BCUT2D eigenvalue weighted by Crippen LogP contribution is 2.24. The van der Waals surface area contributed by atoms with Crippen molar-refractivity contribution in [3.05, 3.63) is 11.9 Å². The Bertz CT molecular complexity index is 347. The first-order valence-corrected chi connectivity index (χ1v) is 5.88. The molecule has 1 aromatic rings. The maximum absolute atomic E-state index is 9.40. The van der Waals surface area contributed by atoms with Gasteiger partial charge in [0.2, 0.25) is 0 Å². The zero-order valence-corrected chi connectivity index (χ0v) is 10.5. The van der Waals surface area contributed by atoms with Crippen molar-refractivity contribution in [3.63, 3.8) is 0 Å². The number of ether oxygens (including phenoxy) is 1. The number of aliphatic hydroxyl groups excluding tert-OH is 1. The van der Waals surface area contributed by atoms with E-state index in [-0.39, 0.29) is 5.25 Å². The summed E-state index contributed by atoms with van der Waals surface area (Å²) in [4.78, 5) is 8.32. The molecule has 0 radical (unpaired) electrons. The molecule has 2 atom stereocenters. The van der Waals surface area contributed by atoms with E-state index in [1.54, 1.807) is 20.1 Å². The zero-order valence-electron chi connectivity index (χ0n) is 9.67. The number of hydrogen-bond acceptors (Lipinski definition) is 6. The molecule has 5 nitrogen and oxygen atoms in total. The van der Waals surface area contributed by atoms with Crippen LogP contribution in [0.3, 0.4) is 0 Å². The first-order chi connectivity index (χ1) is 7.52. The molecule has 3 N–H and O–H groups in total. The number of rotatable bonds is 5.